The summed E-state index contributed by atoms with van der Waals surface area (Å²) >= 11 is 3.30. The Labute approximate surface area is 122 Å². The van der Waals surface area contributed by atoms with Crippen molar-refractivity contribution in [3.05, 3.63) is 45.2 Å². The molecule has 0 aliphatic heterocycles. The van der Waals surface area contributed by atoms with E-state index in [1.54, 1.807) is 13.8 Å². The summed E-state index contributed by atoms with van der Waals surface area (Å²) in [6.07, 6.45) is -4.51. The molecule has 2 rings (SSSR count). The minimum atomic E-state index is -4.51. The second kappa shape index (κ2) is 5.21. The normalized spacial score (nSPS) is 11.9. The fourth-order valence-corrected chi connectivity index (χ4v) is 2.20. The highest BCUT2D eigenvalue weighted by Gasteiger charge is 2.35. The fraction of sp³-hybridized carbons (Fsp3) is 0.308. The number of aliphatic hydroxyl groups is 1. The van der Waals surface area contributed by atoms with Crippen LogP contribution in [-0.2, 0) is 12.8 Å². The van der Waals surface area contributed by atoms with Crippen molar-refractivity contribution in [1.82, 2.24) is 9.78 Å². The van der Waals surface area contributed by atoms with Crippen LogP contribution in [0.3, 0.4) is 0 Å². The average molecular weight is 349 g/mol. The van der Waals surface area contributed by atoms with Crippen LogP contribution in [0.15, 0.2) is 22.7 Å². The summed E-state index contributed by atoms with van der Waals surface area (Å²) in [5.74, 6) is 0. The number of aromatic nitrogens is 2. The van der Waals surface area contributed by atoms with Crippen LogP contribution in [0.4, 0.5) is 13.2 Å². The van der Waals surface area contributed by atoms with E-state index in [2.05, 4.69) is 21.0 Å². The zero-order valence-electron chi connectivity index (χ0n) is 10.8. The summed E-state index contributed by atoms with van der Waals surface area (Å²) in [6, 6.07) is 3.72. The molecule has 2 aromatic rings. The van der Waals surface area contributed by atoms with Crippen LogP contribution in [0.1, 0.15) is 22.5 Å². The molecule has 0 unspecified atom stereocenters. The molecule has 108 valence electrons. The third kappa shape index (κ3) is 2.60. The van der Waals surface area contributed by atoms with Crippen molar-refractivity contribution in [2.24, 2.45) is 0 Å². The van der Waals surface area contributed by atoms with Gasteiger partial charge in [0.15, 0.2) is 0 Å². The second-order valence-corrected chi connectivity index (χ2v) is 5.20. The number of aliphatic hydroxyl groups excluding tert-OH is 1. The molecule has 0 aliphatic rings. The summed E-state index contributed by atoms with van der Waals surface area (Å²) in [5.41, 5.74) is 0.538. The molecule has 1 heterocycles. The second-order valence-electron chi connectivity index (χ2n) is 4.40. The number of hydrogen-bond acceptors (Lipinski definition) is 2. The Morgan fingerprint density at radius 2 is 1.95 bits per heavy atom. The molecule has 7 heteroatoms. The predicted molar refractivity (Wildman–Crippen MR) is 71.7 cm³/mol. The largest absolute Gasteiger partial charge is 0.418 e. The highest BCUT2D eigenvalue weighted by atomic mass is 79.9. The zero-order valence-corrected chi connectivity index (χ0v) is 12.4. The van der Waals surface area contributed by atoms with Crippen LogP contribution in [-0.4, -0.2) is 14.9 Å². The Morgan fingerprint density at radius 3 is 2.40 bits per heavy atom. The van der Waals surface area contributed by atoms with Crippen molar-refractivity contribution in [3.8, 4) is 5.69 Å². The van der Waals surface area contributed by atoms with Crippen LogP contribution < -0.4 is 0 Å². The standard InChI is InChI=1S/C13H12BrF3N2O/c1-7-12(14)8(2)19(18-7)11-4-3-9(6-20)5-10(11)13(15,16)17/h3-5,20H,6H2,1-2H3. The molecule has 0 saturated heterocycles. The minimum absolute atomic E-state index is 0.0546. The van der Waals surface area contributed by atoms with Gasteiger partial charge in [0, 0.05) is 0 Å². The molecule has 1 N–H and O–H groups in total. The molecule has 3 nitrogen and oxygen atoms in total. The van der Waals surface area contributed by atoms with E-state index in [0.717, 1.165) is 6.07 Å². The lowest BCUT2D eigenvalue weighted by atomic mass is 10.1. The number of alkyl halides is 3. The number of benzene rings is 1. The van der Waals surface area contributed by atoms with Gasteiger partial charge in [0.2, 0.25) is 0 Å². The number of aryl methyl sites for hydroxylation is 1. The van der Waals surface area contributed by atoms with Crippen molar-refractivity contribution in [2.75, 3.05) is 0 Å². The molecular formula is C13H12BrF3N2O. The SMILES string of the molecule is Cc1nn(-c2ccc(CO)cc2C(F)(F)F)c(C)c1Br. The molecule has 0 saturated carbocycles. The van der Waals surface area contributed by atoms with E-state index < -0.39 is 18.3 Å². The van der Waals surface area contributed by atoms with E-state index in [9.17, 15) is 13.2 Å². The van der Waals surface area contributed by atoms with E-state index in [4.69, 9.17) is 5.11 Å². The lowest BCUT2D eigenvalue weighted by Gasteiger charge is -2.15. The molecule has 0 spiro atoms. The molecule has 0 bridgehead atoms. The van der Waals surface area contributed by atoms with Gasteiger partial charge in [-0.2, -0.15) is 18.3 Å². The maximum atomic E-state index is 13.2. The third-order valence-corrected chi connectivity index (χ3v) is 4.13. The van der Waals surface area contributed by atoms with E-state index >= 15 is 0 Å². The van der Waals surface area contributed by atoms with Gasteiger partial charge >= 0.3 is 6.18 Å². The van der Waals surface area contributed by atoms with Gasteiger partial charge in [-0.3, -0.25) is 0 Å². The quantitative estimate of drug-likeness (QED) is 0.897. The van der Waals surface area contributed by atoms with Crippen LogP contribution in [0.25, 0.3) is 5.69 Å². The van der Waals surface area contributed by atoms with Crippen LogP contribution >= 0.6 is 15.9 Å². The zero-order chi connectivity index (χ0) is 15.1. The summed E-state index contributed by atoms with van der Waals surface area (Å²) in [4.78, 5) is 0. The number of nitrogens with zero attached hydrogens (tertiary/aromatic N) is 2. The molecule has 0 aliphatic carbocycles. The van der Waals surface area contributed by atoms with E-state index in [-0.39, 0.29) is 11.3 Å². The third-order valence-electron chi connectivity index (χ3n) is 2.98. The van der Waals surface area contributed by atoms with Gasteiger partial charge in [-0.1, -0.05) is 6.07 Å². The molecular weight excluding hydrogens is 337 g/mol. The Morgan fingerprint density at radius 1 is 1.30 bits per heavy atom. The van der Waals surface area contributed by atoms with Crippen LogP contribution in [0.2, 0.25) is 0 Å². The van der Waals surface area contributed by atoms with Gasteiger partial charge in [0.25, 0.3) is 0 Å². The fourth-order valence-electron chi connectivity index (χ4n) is 1.95. The van der Waals surface area contributed by atoms with Crippen LogP contribution in [0, 0.1) is 13.8 Å². The molecule has 0 atom stereocenters. The Bertz CT molecular complexity index is 650. The smallest absolute Gasteiger partial charge is 0.392 e. The molecule has 1 aromatic heterocycles. The average Bonchev–Trinajstić information content (AvgIpc) is 2.65. The maximum Gasteiger partial charge on any atom is 0.418 e. The van der Waals surface area contributed by atoms with Crippen molar-refractivity contribution in [1.29, 1.82) is 0 Å². The molecule has 1 aromatic carbocycles. The number of hydrogen-bond donors (Lipinski definition) is 1. The monoisotopic (exact) mass is 348 g/mol. The lowest BCUT2D eigenvalue weighted by Crippen LogP contribution is -2.13. The summed E-state index contributed by atoms with van der Waals surface area (Å²) < 4.78 is 41.4. The highest BCUT2D eigenvalue weighted by Crippen LogP contribution is 2.36. The van der Waals surface area contributed by atoms with E-state index in [0.29, 0.717) is 15.9 Å². The highest BCUT2D eigenvalue weighted by molar-refractivity contribution is 9.10. The maximum absolute atomic E-state index is 13.2. The first kappa shape index (κ1) is 15.1. The minimum Gasteiger partial charge on any atom is -0.392 e. The van der Waals surface area contributed by atoms with Crippen molar-refractivity contribution < 1.29 is 18.3 Å². The Balaban J connectivity index is 2.70. The Kier molecular flexibility index (Phi) is 3.93. The van der Waals surface area contributed by atoms with Gasteiger partial charge in [-0.15, -0.1) is 0 Å². The molecule has 0 amide bonds. The first-order chi connectivity index (χ1) is 9.25. The van der Waals surface area contributed by atoms with Gasteiger partial charge in [0.05, 0.1) is 33.7 Å². The van der Waals surface area contributed by atoms with Gasteiger partial charge < -0.3 is 5.11 Å². The topological polar surface area (TPSA) is 38.0 Å². The molecule has 0 fully saturated rings. The number of rotatable bonds is 2. The van der Waals surface area contributed by atoms with Gasteiger partial charge in [0.1, 0.15) is 0 Å². The molecule has 0 radical (unpaired) electrons. The van der Waals surface area contributed by atoms with Gasteiger partial charge in [-0.25, -0.2) is 4.68 Å². The first-order valence-electron chi connectivity index (χ1n) is 5.78. The lowest BCUT2D eigenvalue weighted by molar-refractivity contribution is -0.137. The van der Waals surface area contributed by atoms with Crippen LogP contribution in [0.5, 0.6) is 0 Å². The van der Waals surface area contributed by atoms with E-state index in [1.807, 2.05) is 0 Å². The van der Waals surface area contributed by atoms with Crippen molar-refractivity contribution in [3.63, 3.8) is 0 Å². The van der Waals surface area contributed by atoms with E-state index in [1.165, 1.54) is 16.8 Å². The Hall–Kier alpha value is -1.34. The van der Waals surface area contributed by atoms with Crippen molar-refractivity contribution in [2.45, 2.75) is 26.6 Å². The number of halogens is 4. The molecule has 20 heavy (non-hydrogen) atoms. The summed E-state index contributed by atoms with van der Waals surface area (Å²) in [6.45, 7) is 2.96. The first-order valence-corrected chi connectivity index (χ1v) is 6.58. The van der Waals surface area contributed by atoms with Gasteiger partial charge in [-0.05, 0) is 47.5 Å². The van der Waals surface area contributed by atoms with Crippen molar-refractivity contribution >= 4 is 15.9 Å². The predicted octanol–water partition coefficient (Wildman–Crippen LogP) is 3.76. The summed E-state index contributed by atoms with van der Waals surface area (Å²) in [5, 5.41) is 13.1. The summed E-state index contributed by atoms with van der Waals surface area (Å²) in [7, 11) is 0.